The van der Waals surface area contributed by atoms with Crippen molar-refractivity contribution in [2.75, 3.05) is 6.54 Å². The molecule has 66 valence electrons. The molecular weight excluding hydrogens is 156 g/mol. The molecule has 4 N–H and O–H groups in total. The third-order valence-electron chi connectivity index (χ3n) is 0.827. The number of hydrogen-bond acceptors (Lipinski definition) is 2. The molecule has 2 amide bonds. The van der Waals surface area contributed by atoms with Gasteiger partial charge in [0.1, 0.15) is 0 Å². The van der Waals surface area contributed by atoms with E-state index >= 15 is 0 Å². The molecule has 0 saturated heterocycles. The number of carbonyl (C=O) groups excluding carboxylic acids is 1. The maximum atomic E-state index is 9.82. The molecule has 1 aromatic rings. The second-order valence-electron chi connectivity index (χ2n) is 1.79. The number of rotatable bonds is 2. The molecule has 0 aliphatic carbocycles. The maximum Gasteiger partial charge on any atom is 0.312 e. The molecule has 0 spiro atoms. The average molecular weight is 168 g/mol. The zero-order valence-electron chi connectivity index (χ0n) is 6.66. The van der Waals surface area contributed by atoms with Gasteiger partial charge in [-0.25, -0.2) is 9.78 Å². The highest BCUT2D eigenvalue weighted by molar-refractivity contribution is 5.71. The molecule has 1 heterocycles. The van der Waals surface area contributed by atoms with Crippen LogP contribution in [0.25, 0.3) is 0 Å². The number of primary amides is 1. The molecule has 0 saturated carbocycles. The van der Waals surface area contributed by atoms with E-state index < -0.39 is 6.03 Å². The zero-order chi connectivity index (χ0) is 9.23. The van der Waals surface area contributed by atoms with Gasteiger partial charge in [0.25, 0.3) is 0 Å². The van der Waals surface area contributed by atoms with Crippen molar-refractivity contribution in [1.29, 1.82) is 0 Å². The predicted octanol–water partition coefficient (Wildman–Crippen LogP) is 0.250. The van der Waals surface area contributed by atoms with Crippen LogP contribution < -0.4 is 11.1 Å². The van der Waals surface area contributed by atoms with Crippen molar-refractivity contribution in [3.05, 3.63) is 31.4 Å². The fourth-order valence-electron chi connectivity index (χ4n) is 0.388. The minimum Gasteiger partial charge on any atom is -0.352 e. The Balaban J connectivity index is 0.000000211. The van der Waals surface area contributed by atoms with E-state index in [1.807, 2.05) is 0 Å². The van der Waals surface area contributed by atoms with Crippen molar-refractivity contribution in [2.45, 2.75) is 0 Å². The van der Waals surface area contributed by atoms with Crippen molar-refractivity contribution in [3.63, 3.8) is 0 Å². The van der Waals surface area contributed by atoms with Crippen LogP contribution in [0.3, 0.4) is 0 Å². The summed E-state index contributed by atoms with van der Waals surface area (Å²) >= 11 is 0. The highest BCUT2D eigenvalue weighted by Crippen LogP contribution is 1.62. The normalized spacial score (nSPS) is 7.67. The van der Waals surface area contributed by atoms with Gasteiger partial charge in [-0.15, -0.1) is 6.58 Å². The SMILES string of the molecule is C=CCNC(N)=O.c1c[nH]cn1. The molecule has 1 rings (SSSR count). The summed E-state index contributed by atoms with van der Waals surface area (Å²) in [6.07, 6.45) is 6.64. The van der Waals surface area contributed by atoms with Crippen molar-refractivity contribution in [1.82, 2.24) is 15.3 Å². The van der Waals surface area contributed by atoms with Crippen LogP contribution in [0.4, 0.5) is 4.79 Å². The van der Waals surface area contributed by atoms with E-state index in [-0.39, 0.29) is 0 Å². The van der Waals surface area contributed by atoms with Gasteiger partial charge in [-0.1, -0.05) is 6.08 Å². The topological polar surface area (TPSA) is 83.8 Å². The van der Waals surface area contributed by atoms with E-state index in [0.29, 0.717) is 6.54 Å². The summed E-state index contributed by atoms with van der Waals surface area (Å²) in [5.41, 5.74) is 4.68. The first-order valence-corrected chi connectivity index (χ1v) is 3.34. The van der Waals surface area contributed by atoms with Gasteiger partial charge in [-0.2, -0.15) is 0 Å². The molecule has 0 atom stereocenters. The van der Waals surface area contributed by atoms with Crippen LogP contribution >= 0.6 is 0 Å². The molecule has 0 fully saturated rings. The summed E-state index contributed by atoms with van der Waals surface area (Å²) in [5.74, 6) is 0. The number of carbonyl (C=O) groups is 1. The summed E-state index contributed by atoms with van der Waals surface area (Å²) in [4.78, 5) is 16.2. The summed E-state index contributed by atoms with van der Waals surface area (Å²) < 4.78 is 0. The standard InChI is InChI=1S/C4H8N2O.C3H4N2/c1-2-3-6-4(5)7;1-2-5-3-4-1/h2H,1,3H2,(H3,5,6,7);1-3H,(H,4,5). The number of nitrogens with two attached hydrogens (primary N) is 1. The first-order valence-electron chi connectivity index (χ1n) is 3.34. The largest absolute Gasteiger partial charge is 0.352 e. The van der Waals surface area contributed by atoms with E-state index in [0.717, 1.165) is 0 Å². The van der Waals surface area contributed by atoms with Crippen LogP contribution in [0, 0.1) is 0 Å². The fourth-order valence-corrected chi connectivity index (χ4v) is 0.388. The first kappa shape index (κ1) is 10.2. The van der Waals surface area contributed by atoms with Crippen LogP contribution in [-0.4, -0.2) is 22.5 Å². The number of nitrogens with one attached hydrogen (secondary N) is 2. The van der Waals surface area contributed by atoms with Gasteiger partial charge < -0.3 is 16.0 Å². The molecular formula is C7H12N4O. The average Bonchev–Trinajstić information content (AvgIpc) is 2.57. The lowest BCUT2D eigenvalue weighted by atomic mass is 10.6. The fraction of sp³-hybridized carbons (Fsp3) is 0.143. The Bertz CT molecular complexity index is 190. The van der Waals surface area contributed by atoms with Crippen LogP contribution in [0.5, 0.6) is 0 Å². The van der Waals surface area contributed by atoms with Gasteiger partial charge in [0.2, 0.25) is 0 Å². The Morgan fingerprint density at radius 3 is 2.75 bits per heavy atom. The van der Waals surface area contributed by atoms with E-state index in [1.54, 1.807) is 24.8 Å². The van der Waals surface area contributed by atoms with Gasteiger partial charge in [0, 0.05) is 18.9 Å². The van der Waals surface area contributed by atoms with E-state index in [9.17, 15) is 4.79 Å². The molecule has 0 unspecified atom stereocenters. The van der Waals surface area contributed by atoms with Crippen molar-refractivity contribution < 1.29 is 4.79 Å². The number of hydrogen-bond donors (Lipinski definition) is 3. The number of urea groups is 1. The Hall–Kier alpha value is -1.78. The molecule has 0 aliphatic rings. The quantitative estimate of drug-likeness (QED) is 0.553. The second kappa shape index (κ2) is 7.33. The maximum absolute atomic E-state index is 9.82. The van der Waals surface area contributed by atoms with Crippen LogP contribution in [-0.2, 0) is 0 Å². The van der Waals surface area contributed by atoms with Gasteiger partial charge >= 0.3 is 6.03 Å². The van der Waals surface area contributed by atoms with Crippen molar-refractivity contribution >= 4 is 6.03 Å². The lowest BCUT2D eigenvalue weighted by Crippen LogP contribution is -2.28. The molecule has 0 aromatic carbocycles. The van der Waals surface area contributed by atoms with Crippen molar-refractivity contribution in [3.8, 4) is 0 Å². The zero-order valence-corrected chi connectivity index (χ0v) is 6.66. The second-order valence-corrected chi connectivity index (χ2v) is 1.79. The molecule has 12 heavy (non-hydrogen) atoms. The molecule has 0 aliphatic heterocycles. The number of imidazole rings is 1. The Kier molecular flexibility index (Phi) is 6.24. The van der Waals surface area contributed by atoms with E-state index in [1.165, 1.54) is 0 Å². The lowest BCUT2D eigenvalue weighted by Gasteiger charge is -1.90. The minimum absolute atomic E-state index is 0.440. The third kappa shape index (κ3) is 8.22. The minimum atomic E-state index is -0.514. The Labute approximate surface area is 70.7 Å². The van der Waals surface area contributed by atoms with Crippen LogP contribution in [0.15, 0.2) is 31.4 Å². The van der Waals surface area contributed by atoms with E-state index in [2.05, 4.69) is 27.6 Å². The number of aromatic amines is 1. The van der Waals surface area contributed by atoms with Crippen LogP contribution in [0.1, 0.15) is 0 Å². The van der Waals surface area contributed by atoms with Gasteiger partial charge in [-0.05, 0) is 0 Å². The molecule has 5 nitrogen and oxygen atoms in total. The highest BCUT2D eigenvalue weighted by atomic mass is 16.2. The molecule has 0 radical (unpaired) electrons. The molecule has 1 aromatic heterocycles. The predicted molar refractivity (Wildman–Crippen MR) is 46.4 cm³/mol. The van der Waals surface area contributed by atoms with Crippen molar-refractivity contribution in [2.24, 2.45) is 5.73 Å². The monoisotopic (exact) mass is 168 g/mol. The van der Waals surface area contributed by atoms with Gasteiger partial charge in [0.05, 0.1) is 6.33 Å². The smallest absolute Gasteiger partial charge is 0.312 e. The highest BCUT2D eigenvalue weighted by Gasteiger charge is 1.81. The summed E-state index contributed by atoms with van der Waals surface area (Å²) in [5, 5.41) is 2.32. The number of amides is 2. The third-order valence-corrected chi connectivity index (χ3v) is 0.827. The van der Waals surface area contributed by atoms with Gasteiger partial charge in [-0.3, -0.25) is 0 Å². The molecule has 5 heteroatoms. The van der Waals surface area contributed by atoms with Crippen LogP contribution in [0.2, 0.25) is 0 Å². The number of nitrogens with zero attached hydrogens (tertiary/aromatic N) is 1. The van der Waals surface area contributed by atoms with Gasteiger partial charge in [0.15, 0.2) is 0 Å². The lowest BCUT2D eigenvalue weighted by molar-refractivity contribution is 0.250. The Morgan fingerprint density at radius 1 is 1.83 bits per heavy atom. The molecule has 0 bridgehead atoms. The summed E-state index contributed by atoms with van der Waals surface area (Å²) in [6.45, 7) is 3.80. The first-order chi connectivity index (χ1) is 5.77. The van der Waals surface area contributed by atoms with E-state index in [4.69, 9.17) is 0 Å². The number of aromatic nitrogens is 2. The summed E-state index contributed by atoms with van der Waals surface area (Å²) in [7, 11) is 0. The number of H-pyrrole nitrogens is 1. The summed E-state index contributed by atoms with van der Waals surface area (Å²) in [6, 6.07) is -0.514. The Morgan fingerprint density at radius 2 is 2.58 bits per heavy atom.